The highest BCUT2D eigenvalue weighted by atomic mass is 16.5. The molecule has 0 aromatic carbocycles. The Hall–Kier alpha value is -0.940. The maximum atomic E-state index is 5.37. The van der Waals surface area contributed by atoms with Crippen molar-refractivity contribution >= 4 is 0 Å². The van der Waals surface area contributed by atoms with Gasteiger partial charge in [-0.05, 0) is 18.9 Å². The summed E-state index contributed by atoms with van der Waals surface area (Å²) in [7, 11) is 0. The van der Waals surface area contributed by atoms with Crippen LogP contribution >= 0.6 is 0 Å². The van der Waals surface area contributed by atoms with Crippen molar-refractivity contribution in [1.82, 2.24) is 15.5 Å². The van der Waals surface area contributed by atoms with Crippen LogP contribution < -0.4 is 5.32 Å². The maximum absolute atomic E-state index is 5.37. The Kier molecular flexibility index (Phi) is 2.65. The van der Waals surface area contributed by atoms with Gasteiger partial charge in [-0.3, -0.25) is 0 Å². The van der Waals surface area contributed by atoms with E-state index in [4.69, 9.17) is 9.26 Å². The summed E-state index contributed by atoms with van der Waals surface area (Å²) in [6.45, 7) is 5.75. The standard InChI is InChI=1S/C11H17N3O2/c1-7-4-12-5-9(7)11-13-10(14-16-11)8-2-3-15-6-8/h7-9,12H,2-6H2,1H3. The smallest absolute Gasteiger partial charge is 0.231 e. The third-order valence-electron chi connectivity index (χ3n) is 3.59. The lowest BCUT2D eigenvalue weighted by atomic mass is 9.98. The van der Waals surface area contributed by atoms with E-state index >= 15 is 0 Å². The predicted octanol–water partition coefficient (Wildman–Crippen LogP) is 0.896. The summed E-state index contributed by atoms with van der Waals surface area (Å²) in [5.41, 5.74) is 0. The molecule has 0 bridgehead atoms. The predicted molar refractivity (Wildman–Crippen MR) is 57.2 cm³/mol. The van der Waals surface area contributed by atoms with E-state index in [0.717, 1.165) is 44.4 Å². The van der Waals surface area contributed by atoms with Crippen LogP contribution in [-0.4, -0.2) is 36.4 Å². The van der Waals surface area contributed by atoms with Crippen LogP contribution in [-0.2, 0) is 4.74 Å². The van der Waals surface area contributed by atoms with Gasteiger partial charge in [-0.2, -0.15) is 4.98 Å². The van der Waals surface area contributed by atoms with E-state index in [2.05, 4.69) is 22.4 Å². The molecule has 0 aliphatic carbocycles. The topological polar surface area (TPSA) is 60.2 Å². The van der Waals surface area contributed by atoms with Crippen LogP contribution in [0.2, 0.25) is 0 Å². The van der Waals surface area contributed by atoms with Crippen LogP contribution in [0.5, 0.6) is 0 Å². The van der Waals surface area contributed by atoms with Gasteiger partial charge in [0, 0.05) is 19.1 Å². The van der Waals surface area contributed by atoms with Crippen LogP contribution in [0.25, 0.3) is 0 Å². The Balaban J connectivity index is 1.76. The Morgan fingerprint density at radius 2 is 2.31 bits per heavy atom. The highest BCUT2D eigenvalue weighted by Gasteiger charge is 2.31. The largest absolute Gasteiger partial charge is 0.381 e. The van der Waals surface area contributed by atoms with Crippen LogP contribution in [0.15, 0.2) is 4.52 Å². The minimum atomic E-state index is 0.335. The SMILES string of the molecule is CC1CNCC1c1nc(C2CCOC2)no1. The minimum absolute atomic E-state index is 0.335. The average Bonchev–Trinajstić information content (AvgIpc) is 2.96. The second-order valence-electron chi connectivity index (χ2n) is 4.79. The zero-order chi connectivity index (χ0) is 11.0. The molecule has 0 radical (unpaired) electrons. The van der Waals surface area contributed by atoms with Crippen molar-refractivity contribution in [3.05, 3.63) is 11.7 Å². The number of aromatic nitrogens is 2. The van der Waals surface area contributed by atoms with E-state index < -0.39 is 0 Å². The molecule has 88 valence electrons. The molecule has 0 amide bonds. The highest BCUT2D eigenvalue weighted by Crippen LogP contribution is 2.29. The molecule has 0 saturated carbocycles. The molecule has 5 nitrogen and oxygen atoms in total. The van der Waals surface area contributed by atoms with Crippen LogP contribution in [0, 0.1) is 5.92 Å². The van der Waals surface area contributed by atoms with Gasteiger partial charge in [-0.25, -0.2) is 0 Å². The van der Waals surface area contributed by atoms with Gasteiger partial charge in [0.25, 0.3) is 0 Å². The molecule has 1 aromatic heterocycles. The highest BCUT2D eigenvalue weighted by molar-refractivity contribution is 5.04. The first-order valence-corrected chi connectivity index (χ1v) is 5.96. The summed E-state index contributed by atoms with van der Waals surface area (Å²) in [5, 5.41) is 7.43. The molecular weight excluding hydrogens is 206 g/mol. The monoisotopic (exact) mass is 223 g/mol. The van der Waals surface area contributed by atoms with E-state index in [-0.39, 0.29) is 0 Å². The lowest BCUT2D eigenvalue weighted by Gasteiger charge is -2.07. The number of hydrogen-bond donors (Lipinski definition) is 1. The first-order chi connectivity index (χ1) is 7.84. The summed E-state index contributed by atoms with van der Waals surface area (Å²) < 4.78 is 10.7. The fourth-order valence-corrected chi connectivity index (χ4v) is 2.44. The molecule has 0 spiro atoms. The fraction of sp³-hybridized carbons (Fsp3) is 0.818. The number of nitrogens with one attached hydrogen (secondary N) is 1. The molecule has 1 aromatic rings. The molecule has 2 saturated heterocycles. The number of ether oxygens (including phenoxy) is 1. The molecule has 3 rings (SSSR count). The Morgan fingerprint density at radius 3 is 3.00 bits per heavy atom. The van der Waals surface area contributed by atoms with Crippen LogP contribution in [0.1, 0.15) is 36.9 Å². The van der Waals surface area contributed by atoms with E-state index in [9.17, 15) is 0 Å². The molecule has 3 atom stereocenters. The van der Waals surface area contributed by atoms with Crippen molar-refractivity contribution in [2.24, 2.45) is 5.92 Å². The van der Waals surface area contributed by atoms with E-state index in [1.807, 2.05) is 0 Å². The Labute approximate surface area is 94.6 Å². The quantitative estimate of drug-likeness (QED) is 0.807. The molecule has 5 heteroatoms. The average molecular weight is 223 g/mol. The van der Waals surface area contributed by atoms with Gasteiger partial charge < -0.3 is 14.6 Å². The molecule has 2 aliphatic heterocycles. The first kappa shape index (κ1) is 10.2. The summed E-state index contributed by atoms with van der Waals surface area (Å²) in [5.74, 6) is 2.91. The third-order valence-corrected chi connectivity index (χ3v) is 3.59. The summed E-state index contributed by atoms with van der Waals surface area (Å²) in [6.07, 6.45) is 1.01. The number of rotatable bonds is 2. The molecular formula is C11H17N3O2. The molecule has 2 aliphatic rings. The van der Waals surface area contributed by atoms with Crippen molar-refractivity contribution in [2.75, 3.05) is 26.3 Å². The van der Waals surface area contributed by atoms with E-state index in [0.29, 0.717) is 17.8 Å². The zero-order valence-electron chi connectivity index (χ0n) is 9.48. The molecule has 3 unspecified atom stereocenters. The second-order valence-corrected chi connectivity index (χ2v) is 4.79. The van der Waals surface area contributed by atoms with Crippen molar-refractivity contribution < 1.29 is 9.26 Å². The van der Waals surface area contributed by atoms with Gasteiger partial charge in [-0.15, -0.1) is 0 Å². The van der Waals surface area contributed by atoms with Crippen LogP contribution in [0.4, 0.5) is 0 Å². The normalized spacial score (nSPS) is 34.7. The van der Waals surface area contributed by atoms with Crippen molar-refractivity contribution in [1.29, 1.82) is 0 Å². The molecule has 16 heavy (non-hydrogen) atoms. The van der Waals surface area contributed by atoms with Gasteiger partial charge in [0.1, 0.15) is 0 Å². The minimum Gasteiger partial charge on any atom is -0.381 e. The van der Waals surface area contributed by atoms with E-state index in [1.54, 1.807) is 0 Å². The van der Waals surface area contributed by atoms with Crippen molar-refractivity contribution in [3.63, 3.8) is 0 Å². The first-order valence-electron chi connectivity index (χ1n) is 5.96. The van der Waals surface area contributed by atoms with E-state index in [1.165, 1.54) is 0 Å². The van der Waals surface area contributed by atoms with Crippen molar-refractivity contribution in [3.8, 4) is 0 Å². The van der Waals surface area contributed by atoms with Gasteiger partial charge in [0.2, 0.25) is 5.89 Å². The maximum Gasteiger partial charge on any atom is 0.231 e. The lowest BCUT2D eigenvalue weighted by Crippen LogP contribution is -2.09. The summed E-state index contributed by atoms with van der Waals surface area (Å²) in [4.78, 5) is 4.53. The fourth-order valence-electron chi connectivity index (χ4n) is 2.44. The summed E-state index contributed by atoms with van der Waals surface area (Å²) >= 11 is 0. The number of nitrogens with zero attached hydrogens (tertiary/aromatic N) is 2. The van der Waals surface area contributed by atoms with Gasteiger partial charge in [0.15, 0.2) is 5.82 Å². The molecule has 3 heterocycles. The van der Waals surface area contributed by atoms with Crippen LogP contribution in [0.3, 0.4) is 0 Å². The third kappa shape index (κ3) is 1.74. The van der Waals surface area contributed by atoms with Crippen molar-refractivity contribution in [2.45, 2.75) is 25.2 Å². The molecule has 1 N–H and O–H groups in total. The molecule has 2 fully saturated rings. The van der Waals surface area contributed by atoms with Gasteiger partial charge in [-0.1, -0.05) is 12.1 Å². The van der Waals surface area contributed by atoms with Gasteiger partial charge >= 0.3 is 0 Å². The lowest BCUT2D eigenvalue weighted by molar-refractivity contribution is 0.192. The second kappa shape index (κ2) is 4.14. The Morgan fingerprint density at radius 1 is 1.38 bits per heavy atom. The Bertz CT molecular complexity index is 360. The van der Waals surface area contributed by atoms with Gasteiger partial charge in [0.05, 0.1) is 12.5 Å². The summed E-state index contributed by atoms with van der Waals surface area (Å²) in [6, 6.07) is 0. The zero-order valence-corrected chi connectivity index (χ0v) is 9.48. The number of hydrogen-bond acceptors (Lipinski definition) is 5.